The van der Waals surface area contributed by atoms with E-state index in [9.17, 15) is 18.0 Å². The number of hydrogen-bond donors (Lipinski definition) is 0. The Balaban J connectivity index is 1.89. The van der Waals surface area contributed by atoms with Crippen LogP contribution in [-0.2, 0) is 9.84 Å². The summed E-state index contributed by atoms with van der Waals surface area (Å²) >= 11 is 4.92. The second kappa shape index (κ2) is 8.94. The van der Waals surface area contributed by atoms with Crippen LogP contribution in [0.5, 0.6) is 0 Å². The molecule has 1 aromatic heterocycles. The summed E-state index contributed by atoms with van der Waals surface area (Å²) in [7, 11) is -3.33. The SMILES string of the molecule is CS(=O)(=O)c1ccc(-c2cccc(C(=O)C(=O)c3ccccc3)c2-c2ccc(Br)s2)cc1. The molecule has 0 spiro atoms. The lowest BCUT2D eigenvalue weighted by Gasteiger charge is -2.14. The second-order valence-electron chi connectivity index (χ2n) is 7.15. The molecule has 0 fully saturated rings. The van der Waals surface area contributed by atoms with Crippen molar-refractivity contribution in [3.8, 4) is 21.6 Å². The molecule has 0 radical (unpaired) electrons. The third kappa shape index (κ3) is 4.50. The summed E-state index contributed by atoms with van der Waals surface area (Å²) in [6, 6.07) is 24.0. The van der Waals surface area contributed by atoms with Crippen LogP contribution >= 0.6 is 27.3 Å². The minimum atomic E-state index is -3.33. The number of sulfone groups is 1. The molecule has 0 saturated heterocycles. The van der Waals surface area contributed by atoms with Crippen molar-refractivity contribution in [1.82, 2.24) is 0 Å². The fourth-order valence-corrected chi connectivity index (χ4v) is 5.51. The van der Waals surface area contributed by atoms with Crippen molar-refractivity contribution in [2.24, 2.45) is 0 Å². The highest BCUT2D eigenvalue weighted by Crippen LogP contribution is 2.40. The van der Waals surface area contributed by atoms with Gasteiger partial charge in [-0.2, -0.15) is 0 Å². The monoisotopic (exact) mass is 524 g/mol. The van der Waals surface area contributed by atoms with Gasteiger partial charge in [-0.3, -0.25) is 9.59 Å². The number of benzene rings is 3. The summed E-state index contributed by atoms with van der Waals surface area (Å²) in [5.41, 5.74) is 2.77. The van der Waals surface area contributed by atoms with E-state index in [0.29, 0.717) is 16.7 Å². The van der Waals surface area contributed by atoms with Gasteiger partial charge in [-0.15, -0.1) is 11.3 Å². The Morgan fingerprint density at radius 3 is 2.06 bits per heavy atom. The topological polar surface area (TPSA) is 68.3 Å². The predicted octanol–water partition coefficient (Wildman–Crippen LogP) is 6.31. The lowest BCUT2D eigenvalue weighted by atomic mass is 9.90. The molecule has 0 unspecified atom stereocenters. The number of carbonyl (C=O) groups is 2. The first-order valence-corrected chi connectivity index (χ1v) is 13.1. The number of Topliss-reactive ketones (excluding diaryl/α,β-unsaturated/α-hetero) is 2. The smallest absolute Gasteiger partial charge is 0.234 e. The lowest BCUT2D eigenvalue weighted by molar-refractivity contribution is 0.0817. The molecule has 0 N–H and O–H groups in total. The van der Waals surface area contributed by atoms with Gasteiger partial charge < -0.3 is 0 Å². The lowest BCUT2D eigenvalue weighted by Crippen LogP contribution is -2.15. The van der Waals surface area contributed by atoms with Crippen molar-refractivity contribution in [3.63, 3.8) is 0 Å². The molecule has 3 aromatic carbocycles. The number of thiophene rings is 1. The first kappa shape index (κ1) is 22.3. The third-order valence-electron chi connectivity index (χ3n) is 4.96. The third-order valence-corrected chi connectivity index (χ3v) is 7.73. The van der Waals surface area contributed by atoms with E-state index in [2.05, 4.69) is 15.9 Å². The first-order chi connectivity index (χ1) is 15.3. The Morgan fingerprint density at radius 2 is 1.47 bits per heavy atom. The molecular weight excluding hydrogens is 508 g/mol. The van der Waals surface area contributed by atoms with Crippen LogP contribution in [0.25, 0.3) is 21.6 Å². The molecule has 0 saturated carbocycles. The largest absolute Gasteiger partial charge is 0.285 e. The van der Waals surface area contributed by atoms with Crippen molar-refractivity contribution in [2.45, 2.75) is 4.90 Å². The van der Waals surface area contributed by atoms with Crippen molar-refractivity contribution >= 4 is 48.7 Å². The van der Waals surface area contributed by atoms with E-state index in [-0.39, 0.29) is 4.90 Å². The molecule has 0 aliphatic rings. The number of halogens is 1. The predicted molar refractivity (Wildman–Crippen MR) is 131 cm³/mol. The maximum Gasteiger partial charge on any atom is 0.234 e. The molecule has 160 valence electrons. The van der Waals surface area contributed by atoms with Gasteiger partial charge in [0.15, 0.2) is 9.84 Å². The Bertz CT molecular complexity index is 1420. The van der Waals surface area contributed by atoms with Crippen molar-refractivity contribution < 1.29 is 18.0 Å². The zero-order valence-corrected chi connectivity index (χ0v) is 20.1. The molecule has 32 heavy (non-hydrogen) atoms. The van der Waals surface area contributed by atoms with E-state index in [4.69, 9.17) is 0 Å². The van der Waals surface area contributed by atoms with Crippen LogP contribution in [0.15, 0.2) is 93.6 Å². The molecule has 7 heteroatoms. The molecule has 4 nitrogen and oxygen atoms in total. The van der Waals surface area contributed by atoms with Gasteiger partial charge in [0.05, 0.1) is 8.68 Å². The minimum Gasteiger partial charge on any atom is -0.285 e. The molecule has 4 aromatic rings. The summed E-state index contributed by atoms with van der Waals surface area (Å²) in [6.45, 7) is 0. The maximum absolute atomic E-state index is 13.3. The fourth-order valence-electron chi connectivity index (χ4n) is 3.42. The second-order valence-corrected chi connectivity index (χ2v) is 11.6. The van der Waals surface area contributed by atoms with Gasteiger partial charge in [0.1, 0.15) is 0 Å². The van der Waals surface area contributed by atoms with E-state index in [1.165, 1.54) is 11.3 Å². The van der Waals surface area contributed by atoms with E-state index in [1.807, 2.05) is 18.2 Å². The average Bonchev–Trinajstić information content (AvgIpc) is 3.23. The Morgan fingerprint density at radius 1 is 0.781 bits per heavy atom. The van der Waals surface area contributed by atoms with Gasteiger partial charge >= 0.3 is 0 Å². The minimum absolute atomic E-state index is 0.216. The van der Waals surface area contributed by atoms with Crippen LogP contribution in [0.3, 0.4) is 0 Å². The van der Waals surface area contributed by atoms with Crippen LogP contribution < -0.4 is 0 Å². The number of ketones is 2. The van der Waals surface area contributed by atoms with Gasteiger partial charge in [0, 0.05) is 27.8 Å². The summed E-state index contributed by atoms with van der Waals surface area (Å²) in [4.78, 5) is 27.2. The molecule has 0 aliphatic heterocycles. The number of rotatable bonds is 6. The molecule has 0 aliphatic carbocycles. The highest BCUT2D eigenvalue weighted by Gasteiger charge is 2.24. The van der Waals surface area contributed by atoms with Crippen LogP contribution in [0, 0.1) is 0 Å². The summed E-state index contributed by atoms with van der Waals surface area (Å²) in [5, 5.41) is 0. The fraction of sp³-hybridized carbons (Fsp3) is 0.0400. The maximum atomic E-state index is 13.3. The van der Waals surface area contributed by atoms with Crippen LogP contribution in [-0.4, -0.2) is 26.2 Å². The van der Waals surface area contributed by atoms with Crippen molar-refractivity contribution in [2.75, 3.05) is 6.26 Å². The highest BCUT2D eigenvalue weighted by molar-refractivity contribution is 9.11. The Hall–Kier alpha value is -2.87. The van der Waals surface area contributed by atoms with E-state index >= 15 is 0 Å². The van der Waals surface area contributed by atoms with Gasteiger partial charge in [0.2, 0.25) is 11.6 Å². The normalized spacial score (nSPS) is 11.3. The highest BCUT2D eigenvalue weighted by atomic mass is 79.9. The molecule has 0 amide bonds. The van der Waals surface area contributed by atoms with E-state index < -0.39 is 21.4 Å². The zero-order chi connectivity index (χ0) is 22.9. The standard InChI is InChI=1S/C25H17BrO4S2/c1-32(29,30)18-12-10-16(11-13-18)19-8-5-9-20(23(19)21-14-15-22(26)31-21)25(28)24(27)17-6-3-2-4-7-17/h2-15H,1H3. The van der Waals surface area contributed by atoms with Crippen LogP contribution in [0.4, 0.5) is 0 Å². The number of hydrogen-bond acceptors (Lipinski definition) is 5. The molecule has 1 heterocycles. The quantitative estimate of drug-likeness (QED) is 0.219. The molecule has 0 bridgehead atoms. The van der Waals surface area contributed by atoms with Crippen LogP contribution in [0.1, 0.15) is 20.7 Å². The van der Waals surface area contributed by atoms with E-state index in [0.717, 1.165) is 26.0 Å². The zero-order valence-electron chi connectivity index (χ0n) is 16.9. The average molecular weight is 525 g/mol. The van der Waals surface area contributed by atoms with Crippen molar-refractivity contribution in [3.05, 3.63) is 99.8 Å². The molecule has 0 atom stereocenters. The Labute approximate surface area is 198 Å². The summed E-state index contributed by atoms with van der Waals surface area (Å²) < 4.78 is 24.6. The molecule has 4 rings (SSSR count). The van der Waals surface area contributed by atoms with Gasteiger partial charge in [-0.05, 0) is 51.3 Å². The Kier molecular flexibility index (Phi) is 6.24. The van der Waals surface area contributed by atoms with Crippen LogP contribution in [0.2, 0.25) is 0 Å². The molecular formula is C25H17BrO4S2. The first-order valence-electron chi connectivity index (χ1n) is 9.59. The summed E-state index contributed by atoms with van der Waals surface area (Å²) in [5.74, 6) is -1.17. The number of carbonyl (C=O) groups excluding carboxylic acids is 2. The van der Waals surface area contributed by atoms with Gasteiger partial charge in [-0.25, -0.2) is 8.42 Å². The van der Waals surface area contributed by atoms with Gasteiger partial charge in [-0.1, -0.05) is 60.7 Å². The summed E-state index contributed by atoms with van der Waals surface area (Å²) in [6.07, 6.45) is 1.16. The van der Waals surface area contributed by atoms with Crippen molar-refractivity contribution in [1.29, 1.82) is 0 Å². The van der Waals surface area contributed by atoms with E-state index in [1.54, 1.807) is 66.7 Å². The van der Waals surface area contributed by atoms with Gasteiger partial charge in [0.25, 0.3) is 0 Å².